The molecular weight excluding hydrogens is 194 g/mol. The highest BCUT2D eigenvalue weighted by Crippen LogP contribution is 1.99. The third-order valence-corrected chi connectivity index (χ3v) is 2.04. The van der Waals surface area contributed by atoms with Gasteiger partial charge >= 0.3 is 0 Å². The van der Waals surface area contributed by atoms with Crippen LogP contribution in [-0.2, 0) is 9.53 Å². The summed E-state index contributed by atoms with van der Waals surface area (Å²) in [6, 6.07) is 4.50. The number of hydrogen-bond donors (Lipinski definition) is 0. The Morgan fingerprint density at radius 1 is 1.53 bits per heavy atom. The number of carbonyl (C=O) groups excluding carboxylic acids is 1. The second-order valence-corrected chi connectivity index (χ2v) is 3.21. The standard InChI is InChI=1S/C11H13BFO2/c1-3-15-11(14)7-12-10-6-9(13)5-4-8(10)2/h4-6H,3,7H2,1-2H3/q-1. The number of hydrogen-bond acceptors (Lipinski definition) is 2. The van der Waals surface area contributed by atoms with Crippen molar-refractivity contribution >= 4 is 18.7 Å². The minimum absolute atomic E-state index is 0.179. The molecule has 0 aliphatic heterocycles. The quantitative estimate of drug-likeness (QED) is 0.551. The van der Waals surface area contributed by atoms with Crippen molar-refractivity contribution in [2.75, 3.05) is 6.61 Å². The van der Waals surface area contributed by atoms with Crippen molar-refractivity contribution in [3.05, 3.63) is 29.6 Å². The molecule has 0 aromatic heterocycles. The molecule has 1 aromatic rings. The zero-order valence-electron chi connectivity index (χ0n) is 8.92. The van der Waals surface area contributed by atoms with Gasteiger partial charge in [0.25, 0.3) is 5.97 Å². The lowest BCUT2D eigenvalue weighted by Gasteiger charge is -2.18. The first kappa shape index (κ1) is 11.8. The fraction of sp³-hybridized carbons (Fsp3) is 0.364. The second kappa shape index (κ2) is 5.54. The van der Waals surface area contributed by atoms with Crippen LogP contribution in [0.25, 0.3) is 0 Å². The Balaban J connectivity index is 2.57. The summed E-state index contributed by atoms with van der Waals surface area (Å²) in [4.78, 5) is 11.1. The van der Waals surface area contributed by atoms with Crippen LogP contribution in [0.3, 0.4) is 0 Å². The van der Waals surface area contributed by atoms with Crippen LogP contribution in [0, 0.1) is 12.7 Å². The predicted molar refractivity (Wildman–Crippen MR) is 58.0 cm³/mol. The molecule has 0 spiro atoms. The Morgan fingerprint density at radius 2 is 2.27 bits per heavy atom. The number of ether oxygens (including phenoxy) is 1. The summed E-state index contributed by atoms with van der Waals surface area (Å²) in [6.45, 7) is 4.00. The summed E-state index contributed by atoms with van der Waals surface area (Å²) in [6.07, 6.45) is 0.179. The molecule has 0 unspecified atom stereocenters. The maximum Gasteiger partial charge on any atom is 0.265 e. The number of benzene rings is 1. The van der Waals surface area contributed by atoms with Gasteiger partial charge in [0.1, 0.15) is 5.82 Å². The van der Waals surface area contributed by atoms with Crippen molar-refractivity contribution in [2.24, 2.45) is 0 Å². The van der Waals surface area contributed by atoms with Crippen LogP contribution >= 0.6 is 0 Å². The molecule has 80 valence electrons. The summed E-state index contributed by atoms with van der Waals surface area (Å²) < 4.78 is 17.7. The van der Waals surface area contributed by atoms with Crippen LogP contribution in [0.2, 0.25) is 6.32 Å². The Morgan fingerprint density at radius 3 is 2.93 bits per heavy atom. The Bertz CT molecular complexity index is 352. The van der Waals surface area contributed by atoms with Crippen LogP contribution in [0.15, 0.2) is 18.2 Å². The van der Waals surface area contributed by atoms with E-state index < -0.39 is 0 Å². The highest BCUT2D eigenvalue weighted by Gasteiger charge is 1.94. The van der Waals surface area contributed by atoms with Gasteiger partial charge in [-0.2, -0.15) is 0 Å². The van der Waals surface area contributed by atoms with E-state index in [2.05, 4.69) is 0 Å². The van der Waals surface area contributed by atoms with Gasteiger partial charge in [0.15, 0.2) is 0 Å². The molecule has 15 heavy (non-hydrogen) atoms. The Hall–Kier alpha value is -1.32. The lowest BCUT2D eigenvalue weighted by Crippen LogP contribution is -2.21. The van der Waals surface area contributed by atoms with Crippen molar-refractivity contribution in [3.8, 4) is 0 Å². The molecule has 4 heteroatoms. The third-order valence-electron chi connectivity index (χ3n) is 2.04. The van der Waals surface area contributed by atoms with E-state index >= 15 is 0 Å². The van der Waals surface area contributed by atoms with Gasteiger partial charge in [-0.3, -0.25) is 17.5 Å². The molecule has 0 bridgehead atoms. The summed E-state index contributed by atoms with van der Waals surface area (Å²) in [5.74, 6) is -0.586. The highest BCUT2D eigenvalue weighted by atomic mass is 19.1. The topological polar surface area (TPSA) is 26.3 Å². The van der Waals surface area contributed by atoms with Gasteiger partial charge in [-0.15, -0.1) is 6.32 Å². The van der Waals surface area contributed by atoms with E-state index in [1.54, 1.807) is 20.3 Å². The minimum atomic E-state index is -0.296. The first-order chi connectivity index (χ1) is 7.13. The van der Waals surface area contributed by atoms with E-state index in [4.69, 9.17) is 4.74 Å². The summed E-state index contributed by atoms with van der Waals surface area (Å²) in [7, 11) is 1.68. The molecule has 0 aliphatic rings. The zero-order valence-corrected chi connectivity index (χ0v) is 8.92. The molecule has 0 fully saturated rings. The van der Waals surface area contributed by atoms with E-state index in [0.29, 0.717) is 6.61 Å². The smallest absolute Gasteiger partial charge is 0.265 e. The second-order valence-electron chi connectivity index (χ2n) is 3.21. The van der Waals surface area contributed by atoms with Crippen molar-refractivity contribution in [1.29, 1.82) is 0 Å². The number of rotatable bonds is 4. The molecule has 0 amide bonds. The van der Waals surface area contributed by atoms with Crippen LogP contribution in [0.1, 0.15) is 12.5 Å². The first-order valence-electron chi connectivity index (χ1n) is 4.88. The number of esters is 1. The lowest BCUT2D eigenvalue weighted by atomic mass is 9.65. The zero-order chi connectivity index (χ0) is 11.3. The highest BCUT2D eigenvalue weighted by molar-refractivity contribution is 6.57. The van der Waals surface area contributed by atoms with E-state index in [0.717, 1.165) is 11.0 Å². The van der Waals surface area contributed by atoms with Gasteiger partial charge < -0.3 is 4.74 Å². The fourth-order valence-electron chi connectivity index (χ4n) is 1.24. The van der Waals surface area contributed by atoms with Crippen molar-refractivity contribution < 1.29 is 13.9 Å². The van der Waals surface area contributed by atoms with Crippen molar-refractivity contribution in [1.82, 2.24) is 0 Å². The number of halogens is 1. The van der Waals surface area contributed by atoms with E-state index in [1.807, 2.05) is 6.92 Å². The summed E-state index contributed by atoms with van der Waals surface area (Å²) in [5.41, 5.74) is 1.68. The maximum absolute atomic E-state index is 12.9. The average Bonchev–Trinajstić information content (AvgIpc) is 2.20. The van der Waals surface area contributed by atoms with Crippen LogP contribution in [0.5, 0.6) is 0 Å². The molecule has 2 radical (unpaired) electrons. The fourth-order valence-corrected chi connectivity index (χ4v) is 1.24. The molecule has 0 atom stereocenters. The first-order valence-corrected chi connectivity index (χ1v) is 4.88. The van der Waals surface area contributed by atoms with Gasteiger partial charge in [0, 0.05) is 0 Å². The summed E-state index contributed by atoms with van der Waals surface area (Å²) in [5, 5.41) is 0. The van der Waals surface area contributed by atoms with Crippen LogP contribution in [0.4, 0.5) is 4.39 Å². The molecular formula is C11H13BFO2-. The molecule has 0 saturated carbocycles. The van der Waals surface area contributed by atoms with Gasteiger partial charge in [0.2, 0.25) is 0 Å². The molecule has 1 rings (SSSR count). The number of aryl methyl sites for hydroxylation is 1. The van der Waals surface area contributed by atoms with Gasteiger partial charge in [-0.1, -0.05) is 17.7 Å². The van der Waals surface area contributed by atoms with Gasteiger partial charge in [-0.25, -0.2) is 4.39 Å². The predicted octanol–water partition coefficient (Wildman–Crippen LogP) is 1.45. The van der Waals surface area contributed by atoms with Gasteiger partial charge in [0.05, 0.1) is 6.61 Å². The Kier molecular flexibility index (Phi) is 4.34. The van der Waals surface area contributed by atoms with Crippen molar-refractivity contribution in [2.45, 2.75) is 20.2 Å². The number of carbonyl (C=O) groups is 1. The van der Waals surface area contributed by atoms with Crippen LogP contribution in [-0.4, -0.2) is 19.9 Å². The third kappa shape index (κ3) is 3.74. The molecule has 0 saturated heterocycles. The van der Waals surface area contributed by atoms with E-state index in [-0.39, 0.29) is 18.1 Å². The molecule has 2 nitrogen and oxygen atoms in total. The van der Waals surface area contributed by atoms with E-state index in [1.165, 1.54) is 12.1 Å². The minimum Gasteiger partial charge on any atom is -0.468 e. The average molecular weight is 207 g/mol. The van der Waals surface area contributed by atoms with Gasteiger partial charge in [-0.05, 0) is 19.9 Å². The monoisotopic (exact) mass is 207 g/mol. The SMILES string of the molecule is CCOC(=O)C[B-]c1cc(F)ccc1C. The lowest BCUT2D eigenvalue weighted by molar-refractivity contribution is -0.140. The Labute approximate surface area is 89.7 Å². The maximum atomic E-state index is 12.9. The molecule has 1 aromatic carbocycles. The largest absolute Gasteiger partial charge is 0.468 e. The molecule has 0 N–H and O–H groups in total. The summed E-state index contributed by atoms with van der Waals surface area (Å²) >= 11 is 0. The molecule has 0 aliphatic carbocycles. The van der Waals surface area contributed by atoms with E-state index in [9.17, 15) is 9.18 Å². The molecule has 0 heterocycles. The van der Waals surface area contributed by atoms with Crippen LogP contribution < -0.4 is 5.46 Å². The van der Waals surface area contributed by atoms with Crippen molar-refractivity contribution in [3.63, 3.8) is 0 Å². The normalized spacial score (nSPS) is 10.1.